The highest BCUT2D eigenvalue weighted by Gasteiger charge is 2.47. The number of rotatable bonds is 6. The van der Waals surface area contributed by atoms with E-state index in [9.17, 15) is 19.2 Å². The van der Waals surface area contributed by atoms with Gasteiger partial charge < -0.3 is 39.3 Å². The molecule has 0 saturated carbocycles. The molecular formula is C40H40N8O8. The average Bonchev–Trinajstić information content (AvgIpc) is 3.71. The Kier molecular flexibility index (Phi) is 12.0. The lowest BCUT2D eigenvalue weighted by Gasteiger charge is -2.31. The normalized spacial score (nSPS) is 19.3. The van der Waals surface area contributed by atoms with Crippen LogP contribution in [0.25, 0.3) is 31.9 Å². The minimum atomic E-state index is -0.459. The molecule has 4 aromatic rings. The van der Waals surface area contributed by atoms with Gasteiger partial charge in [-0.15, -0.1) is 9.97 Å². The molecule has 6 heterocycles. The molecule has 56 heavy (non-hydrogen) atoms. The van der Waals surface area contributed by atoms with Gasteiger partial charge in [0.25, 0.3) is 11.6 Å². The Balaban J connectivity index is 0.000000207. The Morgan fingerprint density at radius 1 is 0.679 bits per heavy atom. The third kappa shape index (κ3) is 8.00. The van der Waals surface area contributed by atoms with Gasteiger partial charge in [-0.05, 0) is 47.5 Å². The quantitative estimate of drug-likeness (QED) is 0.212. The average molecular weight is 761 g/mol. The van der Waals surface area contributed by atoms with Gasteiger partial charge in [-0.2, -0.15) is 0 Å². The maximum atomic E-state index is 12.3. The number of benzene rings is 2. The predicted molar refractivity (Wildman–Crippen MR) is 207 cm³/mol. The van der Waals surface area contributed by atoms with Crippen LogP contribution < -0.4 is 29.9 Å². The molecule has 0 aliphatic carbocycles. The highest BCUT2D eigenvalue weighted by Crippen LogP contribution is 2.42. The first kappa shape index (κ1) is 40.0. The third-order valence-electron chi connectivity index (χ3n) is 9.17. The van der Waals surface area contributed by atoms with Gasteiger partial charge in [-0.25, -0.2) is 9.59 Å². The van der Waals surface area contributed by atoms with E-state index >= 15 is 0 Å². The Hall–Kier alpha value is -7.20. The zero-order valence-corrected chi connectivity index (χ0v) is 29.0. The van der Waals surface area contributed by atoms with Gasteiger partial charge in [0.1, 0.15) is 61.4 Å². The number of nitrogens with zero attached hydrogens (tertiary/aromatic N) is 6. The smallest absolute Gasteiger partial charge is 0.415 e. The summed E-state index contributed by atoms with van der Waals surface area (Å²) < 4.78 is 22.6. The van der Waals surface area contributed by atoms with Crippen molar-refractivity contribution in [3.05, 3.63) is 95.9 Å². The molecule has 16 heteroatoms. The number of cyclic esters (lactones) is 2. The first-order valence-corrected chi connectivity index (χ1v) is 16.8. The summed E-state index contributed by atoms with van der Waals surface area (Å²) in [7, 11) is 0. The van der Waals surface area contributed by atoms with Crippen LogP contribution in [-0.2, 0) is 19.1 Å². The van der Waals surface area contributed by atoms with Crippen molar-refractivity contribution >= 4 is 47.0 Å². The van der Waals surface area contributed by atoms with E-state index in [1.165, 1.54) is 13.8 Å². The summed E-state index contributed by atoms with van der Waals surface area (Å²) >= 11 is 0. The van der Waals surface area contributed by atoms with Crippen LogP contribution in [-0.4, -0.2) is 84.6 Å². The summed E-state index contributed by atoms with van der Waals surface area (Å²) in [5, 5.41) is 5.36. The van der Waals surface area contributed by atoms with Crippen LogP contribution in [0.1, 0.15) is 28.7 Å². The van der Waals surface area contributed by atoms with Crippen molar-refractivity contribution in [2.75, 3.05) is 36.1 Å². The van der Waals surface area contributed by atoms with Crippen LogP contribution in [0.4, 0.5) is 32.6 Å². The van der Waals surface area contributed by atoms with Crippen molar-refractivity contribution < 1.29 is 38.1 Å². The molecule has 288 valence electrons. The van der Waals surface area contributed by atoms with Crippen LogP contribution in [0.15, 0.2) is 73.1 Å². The minimum absolute atomic E-state index is 0. The van der Waals surface area contributed by atoms with Crippen LogP contribution >= 0.6 is 0 Å². The molecule has 4 amide bonds. The number of fused-ring (bicyclic) bond motifs is 6. The number of ether oxygens (including phenoxy) is 4. The van der Waals surface area contributed by atoms with E-state index in [0.717, 1.165) is 22.3 Å². The Bertz CT molecular complexity index is 2060. The number of pyridine rings is 2. The van der Waals surface area contributed by atoms with E-state index in [1.54, 1.807) is 34.3 Å². The SMILES string of the molecule is C.C.[C-]#[N+]c1ccc(-c2ccc3c(c2)OC[C@H]2[C@H](CNC(C)=O)OC(=O)N32)cn1.[C-]#[N+]c1ccc(-c2ccc3c(c2)OC[C@H]2[C@H](CNC(C)=O)OC(=O)N32)cn1. The summed E-state index contributed by atoms with van der Waals surface area (Å²) in [6.45, 7) is 17.8. The van der Waals surface area contributed by atoms with Gasteiger partial charge in [0.2, 0.25) is 11.8 Å². The number of amides is 4. The number of anilines is 2. The van der Waals surface area contributed by atoms with Crippen molar-refractivity contribution in [1.29, 1.82) is 0 Å². The van der Waals surface area contributed by atoms with Crippen molar-refractivity contribution in [3.8, 4) is 33.8 Å². The molecule has 4 aliphatic heterocycles. The molecule has 2 aromatic heterocycles. The number of carbonyl (C=O) groups excluding carboxylic acids is 4. The van der Waals surface area contributed by atoms with Crippen molar-refractivity contribution in [2.24, 2.45) is 0 Å². The van der Waals surface area contributed by atoms with Crippen LogP contribution in [0.5, 0.6) is 11.5 Å². The topological polar surface area (TPSA) is 170 Å². The Labute approximate surface area is 324 Å². The molecule has 2 saturated heterocycles. The Morgan fingerprint density at radius 2 is 1.07 bits per heavy atom. The molecular weight excluding hydrogens is 720 g/mol. The van der Waals surface area contributed by atoms with Crippen molar-refractivity contribution in [2.45, 2.75) is 53.0 Å². The third-order valence-corrected chi connectivity index (χ3v) is 9.17. The summed E-state index contributed by atoms with van der Waals surface area (Å²) in [6.07, 6.45) is 1.45. The van der Waals surface area contributed by atoms with E-state index < -0.39 is 24.4 Å². The summed E-state index contributed by atoms with van der Waals surface area (Å²) in [5.74, 6) is 1.47. The lowest BCUT2D eigenvalue weighted by molar-refractivity contribution is -0.120. The van der Waals surface area contributed by atoms with Crippen molar-refractivity contribution in [3.63, 3.8) is 0 Å². The number of hydrogen-bond acceptors (Lipinski definition) is 10. The number of nitrogens with one attached hydrogen (secondary N) is 2. The maximum absolute atomic E-state index is 12.3. The van der Waals surface area contributed by atoms with E-state index in [-0.39, 0.29) is 65.1 Å². The maximum Gasteiger partial charge on any atom is 0.415 e. The zero-order chi connectivity index (χ0) is 37.9. The summed E-state index contributed by atoms with van der Waals surface area (Å²) in [5.41, 5.74) is 4.72. The number of carbonyl (C=O) groups is 4. The van der Waals surface area contributed by atoms with E-state index in [1.807, 2.05) is 48.5 Å². The van der Waals surface area contributed by atoms with Gasteiger partial charge in [0.05, 0.1) is 24.5 Å². The first-order valence-electron chi connectivity index (χ1n) is 16.8. The zero-order valence-electron chi connectivity index (χ0n) is 29.0. The van der Waals surface area contributed by atoms with E-state index in [2.05, 4.69) is 30.3 Å². The molecule has 4 aliphatic rings. The monoisotopic (exact) mass is 760 g/mol. The van der Waals surface area contributed by atoms with Crippen LogP contribution in [0.3, 0.4) is 0 Å². The highest BCUT2D eigenvalue weighted by molar-refractivity contribution is 5.95. The lowest BCUT2D eigenvalue weighted by Crippen LogP contribution is -2.47. The van der Waals surface area contributed by atoms with Crippen molar-refractivity contribution in [1.82, 2.24) is 20.6 Å². The molecule has 2 fully saturated rings. The molecule has 0 bridgehead atoms. The second-order valence-electron chi connectivity index (χ2n) is 12.6. The van der Waals surface area contributed by atoms with Gasteiger partial charge in [-0.3, -0.25) is 19.4 Å². The predicted octanol–water partition coefficient (Wildman–Crippen LogP) is 6.32. The summed E-state index contributed by atoms with van der Waals surface area (Å²) in [4.78, 5) is 64.9. The van der Waals surface area contributed by atoms with E-state index in [0.29, 0.717) is 34.5 Å². The fourth-order valence-electron chi connectivity index (χ4n) is 6.51. The molecule has 2 aromatic carbocycles. The molecule has 16 nitrogen and oxygen atoms in total. The van der Waals surface area contributed by atoms with Gasteiger partial charge in [-0.1, -0.05) is 52.3 Å². The fraction of sp³-hybridized carbons (Fsp3) is 0.300. The first-order chi connectivity index (χ1) is 26.1. The molecule has 0 spiro atoms. The molecule has 0 unspecified atom stereocenters. The largest absolute Gasteiger partial charge is 0.489 e. The number of hydrogen-bond donors (Lipinski definition) is 2. The second-order valence-corrected chi connectivity index (χ2v) is 12.6. The fourth-order valence-corrected chi connectivity index (χ4v) is 6.51. The molecule has 0 radical (unpaired) electrons. The highest BCUT2D eigenvalue weighted by atomic mass is 16.6. The molecule has 4 atom stereocenters. The number of aromatic nitrogens is 2. The molecule has 2 N–H and O–H groups in total. The minimum Gasteiger partial charge on any atom is -0.489 e. The second kappa shape index (κ2) is 16.9. The lowest BCUT2D eigenvalue weighted by atomic mass is 10.0. The molecule has 8 rings (SSSR count). The van der Waals surface area contributed by atoms with Crippen LogP contribution in [0.2, 0.25) is 0 Å². The van der Waals surface area contributed by atoms with Gasteiger partial charge in [0.15, 0.2) is 0 Å². The standard InChI is InChI=1S/2C19H16N4O4.2CH4/c2*1-11(24)21-9-17-15-10-26-16-7-12(13-4-6-18(20-2)22-8-13)3-5-14(16)23(15)19(25)27-17;;/h2*3-8,15,17H,9-10H2,1H3,(H,21,24);2*1H4/t2*15-,17-;;/m00../s1. The van der Waals surface area contributed by atoms with Gasteiger partial charge in [0, 0.05) is 25.0 Å². The Morgan fingerprint density at radius 3 is 1.41 bits per heavy atom. The van der Waals surface area contributed by atoms with Crippen LogP contribution in [0, 0.1) is 13.1 Å². The van der Waals surface area contributed by atoms with E-state index in [4.69, 9.17) is 32.1 Å². The summed E-state index contributed by atoms with van der Waals surface area (Å²) in [6, 6.07) is 17.4. The van der Waals surface area contributed by atoms with Gasteiger partial charge >= 0.3 is 12.2 Å².